The highest BCUT2D eigenvalue weighted by atomic mass is 16.5. The van der Waals surface area contributed by atoms with Gasteiger partial charge in [-0.15, -0.1) is 0 Å². The number of benzene rings is 1. The number of ether oxygens (including phenoxy) is 2. The van der Waals surface area contributed by atoms with Gasteiger partial charge in [-0.3, -0.25) is 0 Å². The monoisotopic (exact) mass is 279 g/mol. The van der Waals surface area contributed by atoms with Crippen LogP contribution in [0.15, 0.2) is 18.2 Å². The van der Waals surface area contributed by atoms with Gasteiger partial charge in [0.05, 0.1) is 13.2 Å². The molecule has 4 nitrogen and oxygen atoms in total. The van der Waals surface area contributed by atoms with Crippen molar-refractivity contribution in [3.8, 4) is 11.5 Å². The van der Waals surface area contributed by atoms with Gasteiger partial charge < -0.3 is 19.9 Å². The standard InChI is InChI=1S/C16H25NO3/c1-2-9-19-15-7-4-13(12-17-14-5-6-14)16(11-15)20-10-3-8-18/h4,7,11,14,17-18H,2-3,5-6,8-10,12H2,1H3. The third-order valence-corrected chi connectivity index (χ3v) is 3.23. The van der Waals surface area contributed by atoms with Crippen LogP contribution < -0.4 is 14.8 Å². The molecule has 0 heterocycles. The molecule has 20 heavy (non-hydrogen) atoms. The fraction of sp³-hybridized carbons (Fsp3) is 0.625. The second kappa shape index (κ2) is 8.12. The molecule has 1 aromatic rings. The fourth-order valence-electron chi connectivity index (χ4n) is 1.91. The largest absolute Gasteiger partial charge is 0.493 e. The van der Waals surface area contributed by atoms with Gasteiger partial charge in [0.1, 0.15) is 11.5 Å². The van der Waals surface area contributed by atoms with Gasteiger partial charge in [-0.1, -0.05) is 13.0 Å². The van der Waals surface area contributed by atoms with Gasteiger partial charge in [-0.05, 0) is 25.3 Å². The van der Waals surface area contributed by atoms with Gasteiger partial charge in [0, 0.05) is 37.2 Å². The molecule has 0 radical (unpaired) electrons. The van der Waals surface area contributed by atoms with Crippen LogP contribution >= 0.6 is 0 Å². The highest BCUT2D eigenvalue weighted by Gasteiger charge is 2.20. The van der Waals surface area contributed by atoms with Crippen LogP contribution in [0.5, 0.6) is 11.5 Å². The van der Waals surface area contributed by atoms with Crippen LogP contribution in [0.1, 0.15) is 38.2 Å². The Kier molecular flexibility index (Phi) is 6.15. The zero-order valence-corrected chi connectivity index (χ0v) is 12.2. The lowest BCUT2D eigenvalue weighted by Gasteiger charge is -2.14. The Balaban J connectivity index is 1.98. The van der Waals surface area contributed by atoms with Crippen molar-refractivity contribution in [2.24, 2.45) is 0 Å². The summed E-state index contributed by atoms with van der Waals surface area (Å²) in [5.74, 6) is 1.71. The summed E-state index contributed by atoms with van der Waals surface area (Å²) in [4.78, 5) is 0. The SMILES string of the molecule is CCCOc1ccc(CNC2CC2)c(OCCCO)c1. The first-order valence-electron chi connectivity index (χ1n) is 7.56. The molecule has 0 aliphatic heterocycles. The average molecular weight is 279 g/mol. The molecule has 1 aromatic carbocycles. The minimum atomic E-state index is 0.154. The van der Waals surface area contributed by atoms with E-state index in [1.807, 2.05) is 12.1 Å². The van der Waals surface area contributed by atoms with Crippen LogP contribution in [0, 0.1) is 0 Å². The Morgan fingerprint density at radius 1 is 1.25 bits per heavy atom. The van der Waals surface area contributed by atoms with Crippen LogP contribution in [-0.4, -0.2) is 31.0 Å². The van der Waals surface area contributed by atoms with Gasteiger partial charge in [-0.2, -0.15) is 0 Å². The summed E-state index contributed by atoms with van der Waals surface area (Å²) in [7, 11) is 0. The Bertz CT molecular complexity index is 405. The molecule has 0 spiro atoms. The summed E-state index contributed by atoms with van der Waals surface area (Å²) in [5, 5.41) is 12.3. The summed E-state index contributed by atoms with van der Waals surface area (Å²) in [6.45, 7) is 4.32. The minimum Gasteiger partial charge on any atom is -0.493 e. The van der Waals surface area contributed by atoms with Gasteiger partial charge in [0.15, 0.2) is 0 Å². The van der Waals surface area contributed by atoms with Crippen molar-refractivity contribution in [2.45, 2.75) is 45.2 Å². The van der Waals surface area contributed by atoms with Crippen molar-refractivity contribution < 1.29 is 14.6 Å². The third-order valence-electron chi connectivity index (χ3n) is 3.23. The number of aliphatic hydroxyl groups excluding tert-OH is 1. The first-order chi connectivity index (χ1) is 9.83. The number of hydrogen-bond donors (Lipinski definition) is 2. The fourth-order valence-corrected chi connectivity index (χ4v) is 1.91. The minimum absolute atomic E-state index is 0.154. The molecule has 2 N–H and O–H groups in total. The number of aliphatic hydroxyl groups is 1. The van der Waals surface area contributed by atoms with E-state index in [2.05, 4.69) is 18.3 Å². The molecule has 1 saturated carbocycles. The highest BCUT2D eigenvalue weighted by molar-refractivity contribution is 5.40. The average Bonchev–Trinajstić information content (AvgIpc) is 3.28. The first kappa shape index (κ1) is 15.1. The van der Waals surface area contributed by atoms with Crippen molar-refractivity contribution in [1.82, 2.24) is 5.32 Å². The zero-order valence-electron chi connectivity index (χ0n) is 12.2. The summed E-state index contributed by atoms with van der Waals surface area (Å²) < 4.78 is 11.4. The van der Waals surface area contributed by atoms with Crippen LogP contribution in [0.3, 0.4) is 0 Å². The Hall–Kier alpha value is -1.26. The molecule has 1 aliphatic carbocycles. The number of nitrogens with one attached hydrogen (secondary N) is 1. The summed E-state index contributed by atoms with van der Waals surface area (Å²) in [6, 6.07) is 6.70. The van der Waals surface area contributed by atoms with Crippen molar-refractivity contribution in [1.29, 1.82) is 0 Å². The van der Waals surface area contributed by atoms with E-state index >= 15 is 0 Å². The molecular weight excluding hydrogens is 254 g/mol. The van der Waals surface area contributed by atoms with E-state index in [9.17, 15) is 0 Å². The quantitative estimate of drug-likeness (QED) is 0.646. The highest BCUT2D eigenvalue weighted by Crippen LogP contribution is 2.27. The predicted octanol–water partition coefficient (Wildman–Crippen LogP) is 2.49. The van der Waals surface area contributed by atoms with E-state index in [1.54, 1.807) is 0 Å². The molecule has 1 aliphatic rings. The lowest BCUT2D eigenvalue weighted by Crippen LogP contribution is -2.16. The van der Waals surface area contributed by atoms with Gasteiger partial charge in [-0.25, -0.2) is 0 Å². The molecule has 0 saturated heterocycles. The van der Waals surface area contributed by atoms with Gasteiger partial charge in [0.25, 0.3) is 0 Å². The molecule has 0 bridgehead atoms. The van der Waals surface area contributed by atoms with Crippen molar-refractivity contribution in [3.63, 3.8) is 0 Å². The number of rotatable bonds is 10. The summed E-state index contributed by atoms with van der Waals surface area (Å²) >= 11 is 0. The molecule has 112 valence electrons. The summed E-state index contributed by atoms with van der Waals surface area (Å²) in [6.07, 6.45) is 4.19. The van der Waals surface area contributed by atoms with Crippen LogP contribution in [0.4, 0.5) is 0 Å². The van der Waals surface area contributed by atoms with Crippen LogP contribution in [0.25, 0.3) is 0 Å². The maximum Gasteiger partial charge on any atom is 0.127 e. The first-order valence-corrected chi connectivity index (χ1v) is 7.56. The Labute approximate surface area is 121 Å². The maximum absolute atomic E-state index is 8.85. The zero-order chi connectivity index (χ0) is 14.2. The smallest absolute Gasteiger partial charge is 0.127 e. The van der Waals surface area contributed by atoms with Crippen molar-refractivity contribution in [3.05, 3.63) is 23.8 Å². The molecule has 2 rings (SSSR count). The van der Waals surface area contributed by atoms with Crippen molar-refractivity contribution >= 4 is 0 Å². The van der Waals surface area contributed by atoms with E-state index in [0.29, 0.717) is 19.1 Å². The second-order valence-electron chi connectivity index (χ2n) is 5.20. The van der Waals surface area contributed by atoms with Gasteiger partial charge in [0.2, 0.25) is 0 Å². The lowest BCUT2D eigenvalue weighted by atomic mass is 10.2. The normalized spacial score (nSPS) is 14.3. The predicted molar refractivity (Wildman–Crippen MR) is 79.3 cm³/mol. The van der Waals surface area contributed by atoms with Crippen molar-refractivity contribution in [2.75, 3.05) is 19.8 Å². The van der Waals surface area contributed by atoms with E-state index in [0.717, 1.165) is 36.6 Å². The molecule has 0 aromatic heterocycles. The maximum atomic E-state index is 8.85. The molecule has 4 heteroatoms. The topological polar surface area (TPSA) is 50.7 Å². The second-order valence-corrected chi connectivity index (χ2v) is 5.20. The molecule has 0 atom stereocenters. The van der Waals surface area contributed by atoms with E-state index in [-0.39, 0.29) is 6.61 Å². The Morgan fingerprint density at radius 3 is 2.80 bits per heavy atom. The lowest BCUT2D eigenvalue weighted by molar-refractivity contribution is 0.231. The summed E-state index contributed by atoms with van der Waals surface area (Å²) in [5.41, 5.74) is 1.15. The molecule has 0 unspecified atom stereocenters. The van der Waals surface area contributed by atoms with E-state index < -0.39 is 0 Å². The number of hydrogen-bond acceptors (Lipinski definition) is 4. The Morgan fingerprint density at radius 2 is 2.10 bits per heavy atom. The molecule has 0 amide bonds. The van der Waals surface area contributed by atoms with Crippen LogP contribution in [0.2, 0.25) is 0 Å². The van der Waals surface area contributed by atoms with E-state index in [1.165, 1.54) is 12.8 Å². The van der Waals surface area contributed by atoms with Crippen LogP contribution in [-0.2, 0) is 6.54 Å². The van der Waals surface area contributed by atoms with E-state index in [4.69, 9.17) is 14.6 Å². The molecule has 1 fully saturated rings. The molecular formula is C16H25NO3. The third kappa shape index (κ3) is 5.02. The van der Waals surface area contributed by atoms with Gasteiger partial charge >= 0.3 is 0 Å².